The van der Waals surface area contributed by atoms with Gasteiger partial charge in [0, 0.05) is 6.54 Å². The highest BCUT2D eigenvalue weighted by atomic mass is 15.1. The Balaban J connectivity index is 1.68. The van der Waals surface area contributed by atoms with E-state index in [1.54, 1.807) is 0 Å². The first-order valence-electron chi connectivity index (χ1n) is 6.85. The molecular weight excluding hydrogens is 208 g/mol. The SMILES string of the molecule is NC[C@H]1CCCN(CCCc2ccccc2)C1. The number of benzene rings is 1. The van der Waals surface area contributed by atoms with Crippen molar-refractivity contribution in [1.29, 1.82) is 0 Å². The highest BCUT2D eigenvalue weighted by Gasteiger charge is 2.17. The molecule has 1 aromatic rings. The molecule has 1 saturated heterocycles. The van der Waals surface area contributed by atoms with E-state index in [4.69, 9.17) is 5.73 Å². The van der Waals surface area contributed by atoms with Crippen LogP contribution in [0.2, 0.25) is 0 Å². The smallest absolute Gasteiger partial charge is 0.00217 e. The van der Waals surface area contributed by atoms with Crippen LogP contribution in [0.25, 0.3) is 0 Å². The van der Waals surface area contributed by atoms with Crippen molar-refractivity contribution in [3.05, 3.63) is 35.9 Å². The topological polar surface area (TPSA) is 29.3 Å². The van der Waals surface area contributed by atoms with Crippen molar-refractivity contribution in [2.24, 2.45) is 11.7 Å². The van der Waals surface area contributed by atoms with Crippen molar-refractivity contribution in [3.63, 3.8) is 0 Å². The van der Waals surface area contributed by atoms with E-state index in [-0.39, 0.29) is 0 Å². The van der Waals surface area contributed by atoms with Crippen molar-refractivity contribution in [1.82, 2.24) is 4.90 Å². The Morgan fingerprint density at radius 3 is 2.82 bits per heavy atom. The number of piperidine rings is 1. The molecular formula is C15H24N2. The molecule has 0 spiro atoms. The van der Waals surface area contributed by atoms with Gasteiger partial charge in [-0.15, -0.1) is 0 Å². The maximum Gasteiger partial charge on any atom is 0.00217 e. The zero-order valence-electron chi connectivity index (χ0n) is 10.6. The maximum absolute atomic E-state index is 5.76. The molecule has 0 amide bonds. The van der Waals surface area contributed by atoms with Crippen LogP contribution < -0.4 is 5.73 Å². The Labute approximate surface area is 105 Å². The van der Waals surface area contributed by atoms with E-state index in [0.717, 1.165) is 12.5 Å². The summed E-state index contributed by atoms with van der Waals surface area (Å²) in [5.74, 6) is 0.737. The van der Waals surface area contributed by atoms with E-state index < -0.39 is 0 Å². The third-order valence-corrected chi connectivity index (χ3v) is 3.72. The van der Waals surface area contributed by atoms with E-state index in [9.17, 15) is 0 Å². The molecule has 1 heterocycles. The average Bonchev–Trinajstić information content (AvgIpc) is 2.40. The minimum atomic E-state index is 0.737. The van der Waals surface area contributed by atoms with E-state index in [1.165, 1.54) is 50.9 Å². The van der Waals surface area contributed by atoms with Gasteiger partial charge in [-0.25, -0.2) is 0 Å². The molecule has 17 heavy (non-hydrogen) atoms. The predicted molar refractivity (Wildman–Crippen MR) is 73.0 cm³/mol. The zero-order valence-corrected chi connectivity index (χ0v) is 10.6. The molecule has 0 unspecified atom stereocenters. The second-order valence-electron chi connectivity index (χ2n) is 5.13. The molecule has 0 bridgehead atoms. The number of rotatable bonds is 5. The number of aryl methyl sites for hydroxylation is 1. The summed E-state index contributed by atoms with van der Waals surface area (Å²) < 4.78 is 0. The van der Waals surface area contributed by atoms with Crippen molar-refractivity contribution >= 4 is 0 Å². The average molecular weight is 232 g/mol. The van der Waals surface area contributed by atoms with Crippen LogP contribution >= 0.6 is 0 Å². The minimum absolute atomic E-state index is 0.737. The van der Waals surface area contributed by atoms with Gasteiger partial charge in [0.15, 0.2) is 0 Å². The number of nitrogens with zero attached hydrogens (tertiary/aromatic N) is 1. The Bertz CT molecular complexity index is 310. The van der Waals surface area contributed by atoms with E-state index >= 15 is 0 Å². The molecule has 1 aromatic carbocycles. The van der Waals surface area contributed by atoms with Gasteiger partial charge in [-0.05, 0) is 56.8 Å². The molecule has 2 heteroatoms. The van der Waals surface area contributed by atoms with Crippen molar-refractivity contribution in [3.8, 4) is 0 Å². The summed E-state index contributed by atoms with van der Waals surface area (Å²) >= 11 is 0. The largest absolute Gasteiger partial charge is 0.330 e. The lowest BCUT2D eigenvalue weighted by Crippen LogP contribution is -2.38. The third kappa shape index (κ3) is 4.14. The summed E-state index contributed by atoms with van der Waals surface area (Å²) in [6.07, 6.45) is 5.12. The maximum atomic E-state index is 5.76. The van der Waals surface area contributed by atoms with Gasteiger partial charge in [0.1, 0.15) is 0 Å². The molecule has 0 saturated carbocycles. The first-order valence-corrected chi connectivity index (χ1v) is 6.85. The quantitative estimate of drug-likeness (QED) is 0.844. The van der Waals surface area contributed by atoms with Gasteiger partial charge in [-0.3, -0.25) is 0 Å². The lowest BCUT2D eigenvalue weighted by atomic mass is 9.98. The molecule has 0 radical (unpaired) electrons. The van der Waals surface area contributed by atoms with E-state index in [0.29, 0.717) is 0 Å². The van der Waals surface area contributed by atoms with Crippen LogP contribution in [-0.4, -0.2) is 31.1 Å². The van der Waals surface area contributed by atoms with Crippen molar-refractivity contribution < 1.29 is 0 Å². The normalized spacial score (nSPS) is 21.6. The highest BCUT2D eigenvalue weighted by Crippen LogP contribution is 2.15. The van der Waals surface area contributed by atoms with Crippen LogP contribution in [0.3, 0.4) is 0 Å². The van der Waals surface area contributed by atoms with E-state index in [2.05, 4.69) is 35.2 Å². The van der Waals surface area contributed by atoms with Crippen LogP contribution in [-0.2, 0) is 6.42 Å². The fraction of sp³-hybridized carbons (Fsp3) is 0.600. The van der Waals surface area contributed by atoms with Crippen LogP contribution in [0.4, 0.5) is 0 Å². The number of likely N-dealkylation sites (tertiary alicyclic amines) is 1. The molecule has 1 aliphatic heterocycles. The molecule has 0 aliphatic carbocycles. The fourth-order valence-electron chi connectivity index (χ4n) is 2.70. The summed E-state index contributed by atoms with van der Waals surface area (Å²) in [5.41, 5.74) is 7.22. The monoisotopic (exact) mass is 232 g/mol. The van der Waals surface area contributed by atoms with Crippen molar-refractivity contribution in [2.75, 3.05) is 26.2 Å². The molecule has 1 aliphatic rings. The van der Waals surface area contributed by atoms with Gasteiger partial charge in [-0.1, -0.05) is 30.3 Å². The molecule has 2 rings (SSSR count). The number of hydrogen-bond acceptors (Lipinski definition) is 2. The van der Waals surface area contributed by atoms with Crippen LogP contribution in [0, 0.1) is 5.92 Å². The van der Waals surface area contributed by atoms with Crippen LogP contribution in [0.1, 0.15) is 24.8 Å². The Kier molecular flexibility index (Phi) is 5.02. The second kappa shape index (κ2) is 6.77. The molecule has 94 valence electrons. The van der Waals surface area contributed by atoms with Gasteiger partial charge in [-0.2, -0.15) is 0 Å². The van der Waals surface area contributed by atoms with E-state index in [1.807, 2.05) is 0 Å². The number of hydrogen-bond donors (Lipinski definition) is 1. The molecule has 0 aromatic heterocycles. The van der Waals surface area contributed by atoms with Gasteiger partial charge in [0.25, 0.3) is 0 Å². The standard InChI is InChI=1S/C15H24N2/c16-12-15-9-5-11-17(13-15)10-4-8-14-6-2-1-3-7-14/h1-3,6-7,15H,4-5,8-13,16H2/t15-/m1/s1. The lowest BCUT2D eigenvalue weighted by molar-refractivity contribution is 0.176. The molecule has 2 nitrogen and oxygen atoms in total. The molecule has 2 N–H and O–H groups in total. The Hall–Kier alpha value is -0.860. The lowest BCUT2D eigenvalue weighted by Gasteiger charge is -2.32. The third-order valence-electron chi connectivity index (χ3n) is 3.72. The summed E-state index contributed by atoms with van der Waals surface area (Å²) in [5, 5.41) is 0. The van der Waals surface area contributed by atoms with Crippen LogP contribution in [0.15, 0.2) is 30.3 Å². The first-order chi connectivity index (χ1) is 8.38. The summed E-state index contributed by atoms with van der Waals surface area (Å²) in [7, 11) is 0. The Morgan fingerprint density at radius 1 is 1.24 bits per heavy atom. The van der Waals surface area contributed by atoms with Gasteiger partial charge >= 0.3 is 0 Å². The van der Waals surface area contributed by atoms with Gasteiger partial charge in [0.05, 0.1) is 0 Å². The Morgan fingerprint density at radius 2 is 2.06 bits per heavy atom. The van der Waals surface area contributed by atoms with Gasteiger partial charge in [0.2, 0.25) is 0 Å². The summed E-state index contributed by atoms with van der Waals surface area (Å²) in [6, 6.07) is 10.8. The zero-order chi connectivity index (χ0) is 11.9. The van der Waals surface area contributed by atoms with Gasteiger partial charge < -0.3 is 10.6 Å². The highest BCUT2D eigenvalue weighted by molar-refractivity contribution is 5.14. The van der Waals surface area contributed by atoms with Crippen LogP contribution in [0.5, 0.6) is 0 Å². The summed E-state index contributed by atoms with van der Waals surface area (Å²) in [6.45, 7) is 4.57. The summed E-state index contributed by atoms with van der Waals surface area (Å²) in [4.78, 5) is 2.59. The van der Waals surface area contributed by atoms with Crippen molar-refractivity contribution in [2.45, 2.75) is 25.7 Å². The fourth-order valence-corrected chi connectivity index (χ4v) is 2.70. The first kappa shape index (κ1) is 12.6. The predicted octanol–water partition coefficient (Wildman–Crippen LogP) is 2.29. The second-order valence-corrected chi connectivity index (χ2v) is 5.13. The molecule has 1 fully saturated rings. The minimum Gasteiger partial charge on any atom is -0.330 e. The molecule has 1 atom stereocenters. The number of nitrogens with two attached hydrogens (primary N) is 1.